The van der Waals surface area contributed by atoms with Crippen molar-refractivity contribution < 1.29 is 13.2 Å². The maximum atomic E-state index is 11.8. The predicted molar refractivity (Wildman–Crippen MR) is 65.6 cm³/mol. The first-order valence-corrected chi connectivity index (χ1v) is 7.26. The average molecular weight is 263 g/mol. The Morgan fingerprint density at radius 1 is 1.29 bits per heavy atom. The molecule has 1 aliphatic carbocycles. The van der Waals surface area contributed by atoms with Crippen molar-refractivity contribution in [3.8, 4) is 0 Å². The van der Waals surface area contributed by atoms with E-state index in [4.69, 9.17) is 0 Å². The Morgan fingerprint density at radius 3 is 2.47 bits per heavy atom. The first kappa shape index (κ1) is 14.4. The van der Waals surface area contributed by atoms with Gasteiger partial charge in [0.25, 0.3) is 10.2 Å². The van der Waals surface area contributed by atoms with Crippen LogP contribution in [0, 0.1) is 5.92 Å². The van der Waals surface area contributed by atoms with Crippen LogP contribution in [0.15, 0.2) is 0 Å². The molecule has 1 fully saturated rings. The molecule has 1 saturated carbocycles. The highest BCUT2D eigenvalue weighted by molar-refractivity contribution is 7.87. The third-order valence-electron chi connectivity index (χ3n) is 3.05. The number of rotatable bonds is 4. The van der Waals surface area contributed by atoms with Gasteiger partial charge < -0.3 is 4.90 Å². The van der Waals surface area contributed by atoms with E-state index in [9.17, 15) is 13.2 Å². The molecule has 1 aliphatic rings. The second-order valence-corrected chi connectivity index (χ2v) is 6.27. The molecule has 0 saturated heterocycles. The Hall–Kier alpha value is -0.660. The average Bonchev–Trinajstić information content (AvgIpc) is 2.27. The van der Waals surface area contributed by atoms with E-state index in [1.807, 2.05) is 0 Å². The number of hydrogen-bond donors (Lipinski definition) is 2. The monoisotopic (exact) mass is 263 g/mol. The quantitative estimate of drug-likeness (QED) is 0.730. The lowest BCUT2D eigenvalue weighted by Crippen LogP contribution is -2.45. The topological polar surface area (TPSA) is 78.5 Å². The fourth-order valence-corrected chi connectivity index (χ4v) is 2.94. The van der Waals surface area contributed by atoms with E-state index in [2.05, 4.69) is 9.44 Å². The van der Waals surface area contributed by atoms with Crippen LogP contribution >= 0.6 is 0 Å². The van der Waals surface area contributed by atoms with Crippen molar-refractivity contribution >= 4 is 16.1 Å². The van der Waals surface area contributed by atoms with Crippen LogP contribution in [0.4, 0.5) is 0 Å². The number of hydrogen-bond acceptors (Lipinski definition) is 3. The van der Waals surface area contributed by atoms with Crippen LogP contribution in [0.3, 0.4) is 0 Å². The SMILES string of the molecule is CNS(=O)(=O)NC1CCCC(C(=O)N(C)C)C1. The minimum atomic E-state index is -3.41. The summed E-state index contributed by atoms with van der Waals surface area (Å²) < 4.78 is 27.5. The predicted octanol–water partition coefficient (Wildman–Crippen LogP) is -0.313. The fourth-order valence-electron chi connectivity index (χ4n) is 2.16. The maximum Gasteiger partial charge on any atom is 0.276 e. The molecule has 0 aromatic rings. The van der Waals surface area contributed by atoms with Gasteiger partial charge in [0.2, 0.25) is 5.91 Å². The zero-order chi connectivity index (χ0) is 13.1. The van der Waals surface area contributed by atoms with Gasteiger partial charge in [-0.3, -0.25) is 4.79 Å². The van der Waals surface area contributed by atoms with Crippen LogP contribution in [0.1, 0.15) is 25.7 Å². The molecule has 7 heteroatoms. The van der Waals surface area contributed by atoms with Crippen LogP contribution in [-0.2, 0) is 15.0 Å². The highest BCUT2D eigenvalue weighted by atomic mass is 32.2. The van der Waals surface area contributed by atoms with Crippen molar-refractivity contribution in [1.29, 1.82) is 0 Å². The van der Waals surface area contributed by atoms with Gasteiger partial charge in [-0.15, -0.1) is 0 Å². The first-order chi connectivity index (χ1) is 7.85. The summed E-state index contributed by atoms with van der Waals surface area (Å²) in [6, 6.07) is -0.143. The molecule has 2 unspecified atom stereocenters. The van der Waals surface area contributed by atoms with Crippen LogP contribution in [0.5, 0.6) is 0 Å². The number of carbonyl (C=O) groups is 1. The van der Waals surface area contributed by atoms with Crippen LogP contribution in [-0.4, -0.2) is 46.4 Å². The lowest BCUT2D eigenvalue weighted by atomic mass is 9.85. The second kappa shape index (κ2) is 5.79. The Bertz CT molecular complexity index is 367. The Labute approximate surface area is 103 Å². The standard InChI is InChI=1S/C10H21N3O3S/c1-11-17(15,16)12-9-6-4-5-8(7-9)10(14)13(2)3/h8-9,11-12H,4-7H2,1-3H3. The maximum absolute atomic E-state index is 11.8. The number of amides is 1. The molecule has 2 atom stereocenters. The molecule has 1 amide bonds. The lowest BCUT2D eigenvalue weighted by molar-refractivity contribution is -0.134. The van der Waals surface area contributed by atoms with E-state index < -0.39 is 10.2 Å². The highest BCUT2D eigenvalue weighted by Crippen LogP contribution is 2.25. The summed E-state index contributed by atoms with van der Waals surface area (Å²) in [5, 5.41) is 0. The summed E-state index contributed by atoms with van der Waals surface area (Å²) in [4.78, 5) is 13.4. The zero-order valence-corrected chi connectivity index (χ0v) is 11.4. The van der Waals surface area contributed by atoms with E-state index >= 15 is 0 Å². The first-order valence-electron chi connectivity index (χ1n) is 5.77. The molecular weight excluding hydrogens is 242 g/mol. The molecule has 0 aromatic heterocycles. The zero-order valence-electron chi connectivity index (χ0n) is 10.6. The Morgan fingerprint density at radius 2 is 1.94 bits per heavy atom. The van der Waals surface area contributed by atoms with E-state index in [1.165, 1.54) is 7.05 Å². The van der Waals surface area contributed by atoms with Crippen LogP contribution in [0.2, 0.25) is 0 Å². The van der Waals surface area contributed by atoms with Gasteiger partial charge in [-0.25, -0.2) is 4.72 Å². The molecule has 0 radical (unpaired) electrons. The summed E-state index contributed by atoms with van der Waals surface area (Å²) in [6.07, 6.45) is 3.09. The summed E-state index contributed by atoms with van der Waals surface area (Å²) in [7, 11) is 1.41. The molecule has 0 spiro atoms. The van der Waals surface area contributed by atoms with Crippen molar-refractivity contribution in [2.75, 3.05) is 21.1 Å². The van der Waals surface area contributed by atoms with Gasteiger partial charge >= 0.3 is 0 Å². The van der Waals surface area contributed by atoms with Crippen LogP contribution < -0.4 is 9.44 Å². The van der Waals surface area contributed by atoms with Gasteiger partial charge in [0, 0.05) is 33.1 Å². The third-order valence-corrected chi connectivity index (χ3v) is 4.24. The van der Waals surface area contributed by atoms with Gasteiger partial charge in [0.1, 0.15) is 0 Å². The largest absolute Gasteiger partial charge is 0.349 e. The van der Waals surface area contributed by atoms with Gasteiger partial charge in [-0.1, -0.05) is 6.42 Å². The normalized spacial score (nSPS) is 25.6. The lowest BCUT2D eigenvalue weighted by Gasteiger charge is -2.30. The minimum absolute atomic E-state index is 0.0664. The van der Waals surface area contributed by atoms with Crippen molar-refractivity contribution in [3.05, 3.63) is 0 Å². The molecular formula is C10H21N3O3S. The van der Waals surface area contributed by atoms with Crippen LogP contribution in [0.25, 0.3) is 0 Å². The van der Waals surface area contributed by atoms with E-state index in [1.54, 1.807) is 19.0 Å². The fraction of sp³-hybridized carbons (Fsp3) is 0.900. The Balaban J connectivity index is 2.58. The van der Waals surface area contributed by atoms with E-state index in [0.717, 1.165) is 19.3 Å². The van der Waals surface area contributed by atoms with Gasteiger partial charge in [0.05, 0.1) is 0 Å². The van der Waals surface area contributed by atoms with Gasteiger partial charge in [-0.2, -0.15) is 13.1 Å². The highest BCUT2D eigenvalue weighted by Gasteiger charge is 2.29. The van der Waals surface area contributed by atoms with E-state index in [-0.39, 0.29) is 17.9 Å². The van der Waals surface area contributed by atoms with Crippen molar-refractivity contribution in [2.24, 2.45) is 5.92 Å². The number of nitrogens with zero attached hydrogens (tertiary/aromatic N) is 1. The molecule has 100 valence electrons. The molecule has 6 nitrogen and oxygen atoms in total. The number of nitrogens with one attached hydrogen (secondary N) is 2. The smallest absolute Gasteiger partial charge is 0.276 e. The summed E-state index contributed by atoms with van der Waals surface area (Å²) in [6.45, 7) is 0. The molecule has 0 bridgehead atoms. The van der Waals surface area contributed by atoms with Crippen molar-refractivity contribution in [3.63, 3.8) is 0 Å². The molecule has 1 rings (SSSR count). The van der Waals surface area contributed by atoms with E-state index in [0.29, 0.717) is 6.42 Å². The molecule has 0 aliphatic heterocycles. The second-order valence-electron chi connectivity index (χ2n) is 4.62. The number of carbonyl (C=O) groups excluding carboxylic acids is 1. The van der Waals surface area contributed by atoms with Crippen molar-refractivity contribution in [1.82, 2.24) is 14.3 Å². The third kappa shape index (κ3) is 4.25. The minimum Gasteiger partial charge on any atom is -0.349 e. The summed E-state index contributed by atoms with van der Waals surface area (Å²) in [5.74, 6) is 0.0154. The molecule has 2 N–H and O–H groups in total. The summed E-state index contributed by atoms with van der Waals surface area (Å²) in [5.41, 5.74) is 0. The van der Waals surface area contributed by atoms with Gasteiger partial charge in [0.15, 0.2) is 0 Å². The Kier molecular flexibility index (Phi) is 4.91. The molecule has 0 heterocycles. The van der Waals surface area contributed by atoms with Gasteiger partial charge in [-0.05, 0) is 19.3 Å². The summed E-state index contributed by atoms with van der Waals surface area (Å²) >= 11 is 0. The van der Waals surface area contributed by atoms with Crippen molar-refractivity contribution in [2.45, 2.75) is 31.7 Å². The molecule has 0 aromatic carbocycles. The molecule has 17 heavy (non-hydrogen) atoms.